The lowest BCUT2D eigenvalue weighted by Crippen LogP contribution is -2.33. The van der Waals surface area contributed by atoms with E-state index in [1.807, 2.05) is 42.5 Å². The van der Waals surface area contributed by atoms with Crippen LogP contribution in [0.4, 0.5) is 10.5 Å². The van der Waals surface area contributed by atoms with E-state index in [0.29, 0.717) is 55.5 Å². The molecule has 3 aromatic rings. The van der Waals surface area contributed by atoms with Gasteiger partial charge in [0.2, 0.25) is 0 Å². The van der Waals surface area contributed by atoms with E-state index in [1.165, 1.54) is 0 Å². The van der Waals surface area contributed by atoms with E-state index in [-0.39, 0.29) is 11.9 Å². The van der Waals surface area contributed by atoms with Crippen molar-refractivity contribution < 1.29 is 23.8 Å². The number of carbonyl (C=O) groups is 2. The van der Waals surface area contributed by atoms with Crippen LogP contribution in [0.15, 0.2) is 60.7 Å². The number of fused-ring (bicyclic) bond motifs is 1. The second-order valence-corrected chi connectivity index (χ2v) is 8.41. The zero-order chi connectivity index (χ0) is 24.4. The summed E-state index contributed by atoms with van der Waals surface area (Å²) >= 11 is 0. The number of carbonyl (C=O) groups excluding carboxylic acids is 2. The van der Waals surface area contributed by atoms with Gasteiger partial charge < -0.3 is 24.4 Å². The highest BCUT2D eigenvalue weighted by Gasteiger charge is 2.26. The van der Waals surface area contributed by atoms with Gasteiger partial charge in [-0.15, -0.1) is 0 Å². The molecule has 8 heteroatoms. The summed E-state index contributed by atoms with van der Waals surface area (Å²) in [4.78, 5) is 29.0. The predicted molar refractivity (Wildman–Crippen MR) is 132 cm³/mol. The second-order valence-electron chi connectivity index (χ2n) is 8.41. The van der Waals surface area contributed by atoms with Crippen molar-refractivity contribution in [2.75, 3.05) is 45.4 Å². The minimum atomic E-state index is -0.149. The molecule has 8 nitrogen and oxygen atoms in total. The molecule has 180 valence electrons. The lowest BCUT2D eigenvalue weighted by molar-refractivity contribution is 0.0733. The number of hydrogen-bond acceptors (Lipinski definition) is 5. The zero-order valence-corrected chi connectivity index (χ0v) is 19.7. The molecule has 1 N–H and O–H groups in total. The highest BCUT2D eigenvalue weighted by molar-refractivity contribution is 5.98. The summed E-state index contributed by atoms with van der Waals surface area (Å²) < 4.78 is 17.1. The Bertz CT molecular complexity index is 1280. The number of anilines is 1. The predicted octanol–water partition coefficient (Wildman–Crippen LogP) is 3.94. The van der Waals surface area contributed by atoms with Crippen LogP contribution in [-0.4, -0.2) is 57.3 Å². The summed E-state index contributed by atoms with van der Waals surface area (Å²) in [5, 5.41) is 2.79. The van der Waals surface area contributed by atoms with Crippen molar-refractivity contribution >= 4 is 17.6 Å². The molecule has 0 radical (unpaired) electrons. The van der Waals surface area contributed by atoms with Crippen molar-refractivity contribution in [2.24, 2.45) is 0 Å². The van der Waals surface area contributed by atoms with E-state index in [9.17, 15) is 9.59 Å². The molecule has 2 aliphatic rings. The van der Waals surface area contributed by atoms with Crippen molar-refractivity contribution in [2.45, 2.75) is 6.54 Å². The van der Waals surface area contributed by atoms with Gasteiger partial charge in [-0.1, -0.05) is 18.2 Å². The van der Waals surface area contributed by atoms with E-state index < -0.39 is 0 Å². The third kappa shape index (κ3) is 4.47. The summed E-state index contributed by atoms with van der Waals surface area (Å²) in [6.45, 7) is 2.32. The molecule has 2 heterocycles. The molecule has 0 atom stereocenters. The summed E-state index contributed by atoms with van der Waals surface area (Å²) in [6, 6.07) is 18.8. The van der Waals surface area contributed by atoms with E-state index in [0.717, 1.165) is 22.4 Å². The maximum Gasteiger partial charge on any atom is 0.321 e. The van der Waals surface area contributed by atoms with Crippen LogP contribution in [0.2, 0.25) is 0 Å². The van der Waals surface area contributed by atoms with Crippen molar-refractivity contribution in [3.63, 3.8) is 0 Å². The number of amides is 3. The maximum atomic E-state index is 13.5. The van der Waals surface area contributed by atoms with Crippen molar-refractivity contribution in [1.82, 2.24) is 10.2 Å². The highest BCUT2D eigenvalue weighted by atomic mass is 16.5. The SMILES string of the molecule is COc1cccc(-c2cc3c(c(OC)c2)OCCN(C(=O)c2cccc(N4CCNC4=O)c2)C3)c1. The molecule has 1 fully saturated rings. The van der Waals surface area contributed by atoms with Gasteiger partial charge in [-0.3, -0.25) is 9.69 Å². The fourth-order valence-corrected chi connectivity index (χ4v) is 4.49. The van der Waals surface area contributed by atoms with Gasteiger partial charge in [0.25, 0.3) is 5.91 Å². The fraction of sp³-hybridized carbons (Fsp3) is 0.259. The summed E-state index contributed by atoms with van der Waals surface area (Å²) in [5.74, 6) is 1.92. The van der Waals surface area contributed by atoms with Gasteiger partial charge in [-0.05, 0) is 53.6 Å². The molecule has 1 saturated heterocycles. The summed E-state index contributed by atoms with van der Waals surface area (Å²) in [5.41, 5.74) is 4.02. The minimum Gasteiger partial charge on any atom is -0.497 e. The van der Waals surface area contributed by atoms with Gasteiger partial charge in [0.15, 0.2) is 11.5 Å². The first-order valence-corrected chi connectivity index (χ1v) is 11.5. The standard InChI is InChI=1S/C27H27N3O5/c1-33-23-8-4-5-18(15-23)20-13-21-17-29(11-12-35-25(21)24(16-20)34-2)26(31)19-6-3-7-22(14-19)30-10-9-28-27(30)32/h3-8,13-16H,9-12,17H2,1-2H3,(H,28,32). The zero-order valence-electron chi connectivity index (χ0n) is 19.7. The van der Waals surface area contributed by atoms with Crippen molar-refractivity contribution in [3.8, 4) is 28.4 Å². The lowest BCUT2D eigenvalue weighted by atomic mass is 10.0. The Kier molecular flexibility index (Phi) is 6.18. The molecule has 35 heavy (non-hydrogen) atoms. The van der Waals surface area contributed by atoms with Gasteiger partial charge in [0.05, 0.1) is 20.8 Å². The van der Waals surface area contributed by atoms with Gasteiger partial charge >= 0.3 is 6.03 Å². The first-order chi connectivity index (χ1) is 17.1. The van der Waals surface area contributed by atoms with Crippen LogP contribution < -0.4 is 24.4 Å². The Hall–Kier alpha value is -4.20. The van der Waals surface area contributed by atoms with Gasteiger partial charge in [0.1, 0.15) is 12.4 Å². The van der Waals surface area contributed by atoms with Crippen LogP contribution in [0.3, 0.4) is 0 Å². The maximum absolute atomic E-state index is 13.5. The fourth-order valence-electron chi connectivity index (χ4n) is 4.49. The number of hydrogen-bond donors (Lipinski definition) is 1. The molecule has 0 bridgehead atoms. The number of methoxy groups -OCH3 is 2. The van der Waals surface area contributed by atoms with E-state index >= 15 is 0 Å². The van der Waals surface area contributed by atoms with E-state index in [4.69, 9.17) is 14.2 Å². The van der Waals surface area contributed by atoms with Gasteiger partial charge in [-0.2, -0.15) is 0 Å². The Balaban J connectivity index is 1.46. The van der Waals surface area contributed by atoms with Crippen LogP contribution in [0.25, 0.3) is 11.1 Å². The highest BCUT2D eigenvalue weighted by Crippen LogP contribution is 2.39. The smallest absolute Gasteiger partial charge is 0.321 e. The molecule has 0 saturated carbocycles. The van der Waals surface area contributed by atoms with Crippen LogP contribution in [-0.2, 0) is 6.54 Å². The van der Waals surface area contributed by atoms with E-state index in [2.05, 4.69) is 5.32 Å². The lowest BCUT2D eigenvalue weighted by Gasteiger charge is -2.21. The van der Waals surface area contributed by atoms with Crippen LogP contribution in [0, 0.1) is 0 Å². The number of urea groups is 1. The van der Waals surface area contributed by atoms with Crippen molar-refractivity contribution in [3.05, 3.63) is 71.8 Å². The van der Waals surface area contributed by atoms with Crippen LogP contribution in [0.1, 0.15) is 15.9 Å². The second kappa shape index (κ2) is 9.58. The average Bonchev–Trinajstić information content (AvgIpc) is 3.21. The molecule has 0 aromatic heterocycles. The molecular weight excluding hydrogens is 446 g/mol. The Morgan fingerprint density at radius 2 is 1.83 bits per heavy atom. The number of nitrogens with zero attached hydrogens (tertiary/aromatic N) is 2. The third-order valence-corrected chi connectivity index (χ3v) is 6.27. The topological polar surface area (TPSA) is 80.3 Å². The quantitative estimate of drug-likeness (QED) is 0.607. The monoisotopic (exact) mass is 473 g/mol. The van der Waals surface area contributed by atoms with Crippen LogP contribution >= 0.6 is 0 Å². The normalized spacial score (nSPS) is 15.1. The Labute approximate surface area is 204 Å². The molecule has 0 aliphatic carbocycles. The summed E-state index contributed by atoms with van der Waals surface area (Å²) in [7, 11) is 3.25. The molecular formula is C27H27N3O5. The largest absolute Gasteiger partial charge is 0.497 e. The molecule has 5 rings (SSSR count). The Morgan fingerprint density at radius 1 is 0.971 bits per heavy atom. The van der Waals surface area contributed by atoms with Crippen LogP contribution in [0.5, 0.6) is 17.2 Å². The first kappa shape index (κ1) is 22.6. The summed E-state index contributed by atoms with van der Waals surface area (Å²) in [6.07, 6.45) is 0. The molecule has 3 amide bonds. The van der Waals surface area contributed by atoms with Crippen molar-refractivity contribution in [1.29, 1.82) is 0 Å². The number of ether oxygens (including phenoxy) is 3. The third-order valence-electron chi connectivity index (χ3n) is 6.27. The number of benzene rings is 3. The Morgan fingerprint density at radius 3 is 2.60 bits per heavy atom. The molecule has 3 aromatic carbocycles. The number of nitrogens with one attached hydrogen (secondary N) is 1. The minimum absolute atomic E-state index is 0.117. The molecule has 2 aliphatic heterocycles. The molecule has 0 unspecified atom stereocenters. The van der Waals surface area contributed by atoms with Gasteiger partial charge in [-0.25, -0.2) is 4.79 Å². The van der Waals surface area contributed by atoms with Gasteiger partial charge in [0, 0.05) is 36.4 Å². The average molecular weight is 474 g/mol. The van der Waals surface area contributed by atoms with E-state index in [1.54, 1.807) is 42.2 Å². The first-order valence-electron chi connectivity index (χ1n) is 11.5. The molecule has 0 spiro atoms. The number of rotatable bonds is 5.